The Morgan fingerprint density at radius 2 is 2.07 bits per heavy atom. The summed E-state index contributed by atoms with van der Waals surface area (Å²) in [5.74, 6) is 3.25. The van der Waals surface area contributed by atoms with E-state index in [1.807, 2.05) is 49.7 Å². The van der Waals surface area contributed by atoms with Crippen molar-refractivity contribution in [2.75, 3.05) is 26.4 Å². The summed E-state index contributed by atoms with van der Waals surface area (Å²) in [5, 5.41) is 15.0. The topological polar surface area (TPSA) is 85.6 Å². The Balaban J connectivity index is 0.00000450. The number of nitrogens with one attached hydrogen (secondary N) is 2. The Morgan fingerprint density at radius 3 is 2.77 bits per heavy atom. The lowest BCUT2D eigenvalue weighted by atomic mass is 10.2. The highest BCUT2D eigenvalue weighted by molar-refractivity contribution is 14.0. The zero-order valence-electron chi connectivity index (χ0n) is 18.1. The number of benzene rings is 1. The molecule has 0 saturated carbocycles. The fourth-order valence-electron chi connectivity index (χ4n) is 2.56. The van der Waals surface area contributed by atoms with Crippen molar-refractivity contribution in [3.8, 4) is 5.75 Å². The highest BCUT2D eigenvalue weighted by Gasteiger charge is 2.07. The van der Waals surface area contributed by atoms with Crippen LogP contribution in [-0.2, 0) is 24.9 Å². The van der Waals surface area contributed by atoms with Gasteiger partial charge in [0, 0.05) is 32.4 Å². The van der Waals surface area contributed by atoms with Crippen LogP contribution in [0.2, 0.25) is 0 Å². The summed E-state index contributed by atoms with van der Waals surface area (Å²) in [7, 11) is 1.95. The van der Waals surface area contributed by atoms with Crippen molar-refractivity contribution >= 4 is 29.9 Å². The number of aromatic nitrogens is 3. The summed E-state index contributed by atoms with van der Waals surface area (Å²) < 4.78 is 13.1. The predicted molar refractivity (Wildman–Crippen MR) is 130 cm³/mol. The molecule has 2 N–H and O–H groups in total. The van der Waals surface area contributed by atoms with E-state index >= 15 is 0 Å². The van der Waals surface area contributed by atoms with Gasteiger partial charge in [-0.1, -0.05) is 30.9 Å². The van der Waals surface area contributed by atoms with Gasteiger partial charge in [-0.2, -0.15) is 0 Å². The van der Waals surface area contributed by atoms with Gasteiger partial charge in [-0.15, -0.1) is 34.2 Å². The number of rotatable bonds is 12. The summed E-state index contributed by atoms with van der Waals surface area (Å²) in [6.07, 6.45) is 2.63. The van der Waals surface area contributed by atoms with Crippen LogP contribution in [0.5, 0.6) is 5.75 Å². The first-order valence-electron chi connectivity index (χ1n) is 9.92. The molecule has 0 unspecified atom stereocenters. The molecule has 30 heavy (non-hydrogen) atoms. The molecule has 0 fully saturated rings. The van der Waals surface area contributed by atoms with E-state index in [0.717, 1.165) is 49.1 Å². The van der Waals surface area contributed by atoms with Crippen LogP contribution in [0, 0.1) is 6.92 Å². The average molecular weight is 528 g/mol. The molecule has 0 aliphatic rings. The Bertz CT molecular complexity index is 794. The quantitative estimate of drug-likeness (QED) is 0.145. The normalized spacial score (nSPS) is 11.0. The van der Waals surface area contributed by atoms with Crippen LogP contribution in [0.4, 0.5) is 0 Å². The Kier molecular flexibility index (Phi) is 12.8. The number of hydrogen-bond donors (Lipinski definition) is 2. The lowest BCUT2D eigenvalue weighted by Crippen LogP contribution is -2.38. The Hall–Kier alpha value is -2.14. The van der Waals surface area contributed by atoms with Gasteiger partial charge in [-0.25, -0.2) is 4.99 Å². The molecule has 1 heterocycles. The first-order chi connectivity index (χ1) is 14.2. The van der Waals surface area contributed by atoms with Crippen molar-refractivity contribution in [1.82, 2.24) is 25.4 Å². The fourth-order valence-corrected chi connectivity index (χ4v) is 2.56. The minimum atomic E-state index is 0. The molecule has 8 nitrogen and oxygen atoms in total. The van der Waals surface area contributed by atoms with Crippen LogP contribution in [0.15, 0.2) is 41.9 Å². The summed E-state index contributed by atoms with van der Waals surface area (Å²) in [4.78, 5) is 4.72. The SMILES string of the molecule is C=CCOc1ccccc1CN=C(NCCCOCC)NCc1nnc(C)n1C.I. The second-order valence-corrected chi connectivity index (χ2v) is 6.43. The third-order valence-corrected chi connectivity index (χ3v) is 4.30. The van der Waals surface area contributed by atoms with E-state index in [1.54, 1.807) is 6.08 Å². The van der Waals surface area contributed by atoms with Crippen LogP contribution in [0.1, 0.15) is 30.6 Å². The number of aryl methyl sites for hydroxylation is 1. The maximum Gasteiger partial charge on any atom is 0.191 e. The van der Waals surface area contributed by atoms with Gasteiger partial charge < -0.3 is 24.7 Å². The zero-order chi connectivity index (χ0) is 20.9. The molecule has 0 atom stereocenters. The summed E-state index contributed by atoms with van der Waals surface area (Å²) in [6.45, 7) is 11.3. The van der Waals surface area contributed by atoms with Gasteiger partial charge in [0.1, 0.15) is 18.2 Å². The van der Waals surface area contributed by atoms with Gasteiger partial charge in [0.2, 0.25) is 0 Å². The number of guanidine groups is 1. The molecule has 0 spiro atoms. The van der Waals surface area contributed by atoms with Crippen LogP contribution in [-0.4, -0.2) is 47.1 Å². The standard InChI is InChI=1S/C21H32N6O2.HI/c1-5-13-29-19-11-8-7-10-18(19)15-23-21(22-12-9-14-28-6-2)24-16-20-26-25-17(3)27(20)4;/h5,7-8,10-11H,1,6,9,12-16H2,2-4H3,(H2,22,23,24);1H. The van der Waals surface area contributed by atoms with E-state index in [-0.39, 0.29) is 24.0 Å². The fraction of sp³-hybridized carbons (Fsp3) is 0.476. The number of nitrogens with zero attached hydrogens (tertiary/aromatic N) is 4. The van der Waals surface area contributed by atoms with Crippen molar-refractivity contribution < 1.29 is 9.47 Å². The highest BCUT2D eigenvalue weighted by atomic mass is 127. The van der Waals surface area contributed by atoms with Gasteiger partial charge in [0.25, 0.3) is 0 Å². The van der Waals surface area contributed by atoms with Crippen LogP contribution < -0.4 is 15.4 Å². The van der Waals surface area contributed by atoms with E-state index in [4.69, 9.17) is 14.5 Å². The van der Waals surface area contributed by atoms with Gasteiger partial charge in [0.15, 0.2) is 11.8 Å². The van der Waals surface area contributed by atoms with Crippen molar-refractivity contribution in [2.45, 2.75) is 33.4 Å². The molecule has 1 aromatic heterocycles. The molecule has 1 aromatic carbocycles. The third kappa shape index (κ3) is 8.70. The third-order valence-electron chi connectivity index (χ3n) is 4.30. The van der Waals surface area contributed by atoms with Gasteiger partial charge in [-0.05, 0) is 26.3 Å². The molecule has 9 heteroatoms. The lowest BCUT2D eigenvalue weighted by Gasteiger charge is -2.13. The van der Waals surface area contributed by atoms with Gasteiger partial charge in [0.05, 0.1) is 13.1 Å². The summed E-state index contributed by atoms with van der Waals surface area (Å²) >= 11 is 0. The van der Waals surface area contributed by atoms with Crippen molar-refractivity contribution in [3.63, 3.8) is 0 Å². The van der Waals surface area contributed by atoms with E-state index in [0.29, 0.717) is 25.7 Å². The number of para-hydroxylation sites is 1. The number of aliphatic imine (C=N–C) groups is 1. The van der Waals surface area contributed by atoms with Crippen LogP contribution in [0.3, 0.4) is 0 Å². The monoisotopic (exact) mass is 528 g/mol. The van der Waals surface area contributed by atoms with Crippen molar-refractivity contribution in [3.05, 3.63) is 54.1 Å². The van der Waals surface area contributed by atoms with Crippen molar-refractivity contribution in [2.24, 2.45) is 12.0 Å². The molecule has 2 aromatic rings. The van der Waals surface area contributed by atoms with E-state index in [2.05, 4.69) is 27.4 Å². The molecule has 166 valence electrons. The minimum absolute atomic E-state index is 0. The number of hydrogen-bond acceptors (Lipinski definition) is 5. The Morgan fingerprint density at radius 1 is 1.27 bits per heavy atom. The second kappa shape index (κ2) is 14.8. The maximum atomic E-state index is 5.73. The number of halogens is 1. The largest absolute Gasteiger partial charge is 0.489 e. The molecule has 0 amide bonds. The molecular weight excluding hydrogens is 495 g/mol. The first-order valence-corrected chi connectivity index (χ1v) is 9.92. The molecule has 0 radical (unpaired) electrons. The highest BCUT2D eigenvalue weighted by Crippen LogP contribution is 2.18. The molecule has 2 rings (SSSR count). The van der Waals surface area contributed by atoms with E-state index in [9.17, 15) is 0 Å². The summed E-state index contributed by atoms with van der Waals surface area (Å²) in [6, 6.07) is 7.89. The first kappa shape index (κ1) is 25.9. The number of ether oxygens (including phenoxy) is 2. The molecule has 0 aliphatic heterocycles. The molecular formula is C21H33IN6O2. The maximum absolute atomic E-state index is 5.73. The smallest absolute Gasteiger partial charge is 0.191 e. The minimum Gasteiger partial charge on any atom is -0.489 e. The summed E-state index contributed by atoms with van der Waals surface area (Å²) in [5.41, 5.74) is 1.01. The average Bonchev–Trinajstić information content (AvgIpc) is 3.06. The van der Waals surface area contributed by atoms with Crippen LogP contribution in [0.25, 0.3) is 0 Å². The zero-order valence-corrected chi connectivity index (χ0v) is 20.4. The van der Waals surface area contributed by atoms with Crippen molar-refractivity contribution in [1.29, 1.82) is 0 Å². The van der Waals surface area contributed by atoms with E-state index < -0.39 is 0 Å². The van der Waals surface area contributed by atoms with Gasteiger partial charge in [-0.3, -0.25) is 0 Å². The predicted octanol–water partition coefficient (Wildman–Crippen LogP) is 2.97. The Labute approximate surface area is 196 Å². The van der Waals surface area contributed by atoms with Gasteiger partial charge >= 0.3 is 0 Å². The lowest BCUT2D eigenvalue weighted by molar-refractivity contribution is 0.145. The molecule has 0 bridgehead atoms. The van der Waals surface area contributed by atoms with E-state index in [1.165, 1.54) is 0 Å². The molecule has 0 aliphatic carbocycles. The molecule has 0 saturated heterocycles. The second-order valence-electron chi connectivity index (χ2n) is 6.43. The van der Waals surface area contributed by atoms with Crippen LogP contribution >= 0.6 is 24.0 Å².